The zero-order valence-electron chi connectivity index (χ0n) is 13.3. The highest BCUT2D eigenvalue weighted by atomic mass is 32.2. The van der Waals surface area contributed by atoms with Gasteiger partial charge in [-0.3, -0.25) is 9.36 Å². The molecule has 2 N–H and O–H groups in total. The van der Waals surface area contributed by atoms with Crippen LogP contribution in [0.25, 0.3) is 16.6 Å². The molecule has 24 heavy (non-hydrogen) atoms. The lowest BCUT2D eigenvalue weighted by Gasteiger charge is -2.16. The lowest BCUT2D eigenvalue weighted by Crippen LogP contribution is -2.28. The second-order valence-corrected chi connectivity index (χ2v) is 7.64. The Bertz CT molecular complexity index is 1070. The van der Waals surface area contributed by atoms with Crippen molar-refractivity contribution >= 4 is 20.7 Å². The third-order valence-electron chi connectivity index (χ3n) is 3.71. The standard InChI is InChI=1S/C17H17N3O3S/c1-11(18)16-19-13-9-6-10-14(24(2,22)23)15(13)17(21)20(16)12-7-4-3-5-8-12/h3-11H,18H2,1-2H3. The molecule has 0 saturated heterocycles. The molecule has 2 aromatic carbocycles. The maximum absolute atomic E-state index is 13.1. The molecule has 1 heterocycles. The molecular formula is C17H17N3O3S. The first-order valence-corrected chi connectivity index (χ1v) is 9.26. The number of fused-ring (bicyclic) bond motifs is 1. The van der Waals surface area contributed by atoms with Crippen molar-refractivity contribution in [2.45, 2.75) is 17.9 Å². The minimum atomic E-state index is -3.57. The van der Waals surface area contributed by atoms with Crippen molar-refractivity contribution in [1.82, 2.24) is 9.55 Å². The van der Waals surface area contributed by atoms with Crippen LogP contribution in [0.1, 0.15) is 18.8 Å². The van der Waals surface area contributed by atoms with Crippen LogP contribution in [0.4, 0.5) is 0 Å². The van der Waals surface area contributed by atoms with Gasteiger partial charge in [0.2, 0.25) is 0 Å². The van der Waals surface area contributed by atoms with E-state index < -0.39 is 21.4 Å². The Hall–Kier alpha value is -2.51. The Kier molecular flexibility index (Phi) is 3.98. The van der Waals surface area contributed by atoms with Crippen molar-refractivity contribution in [2.75, 3.05) is 6.26 Å². The number of sulfone groups is 1. The number of rotatable bonds is 3. The first kappa shape index (κ1) is 16.4. The van der Waals surface area contributed by atoms with E-state index >= 15 is 0 Å². The second kappa shape index (κ2) is 5.85. The van der Waals surface area contributed by atoms with E-state index in [0.717, 1.165) is 6.26 Å². The molecule has 6 nitrogen and oxygen atoms in total. The van der Waals surface area contributed by atoms with Gasteiger partial charge in [-0.1, -0.05) is 24.3 Å². The van der Waals surface area contributed by atoms with E-state index in [4.69, 9.17) is 5.73 Å². The van der Waals surface area contributed by atoms with Gasteiger partial charge in [0.05, 0.1) is 27.5 Å². The fraction of sp³-hybridized carbons (Fsp3) is 0.176. The van der Waals surface area contributed by atoms with Gasteiger partial charge in [-0.05, 0) is 31.2 Å². The smallest absolute Gasteiger partial charge is 0.267 e. The summed E-state index contributed by atoms with van der Waals surface area (Å²) in [6.45, 7) is 1.73. The number of hydrogen-bond donors (Lipinski definition) is 1. The molecule has 0 aliphatic rings. The zero-order valence-corrected chi connectivity index (χ0v) is 14.1. The highest BCUT2D eigenvalue weighted by Gasteiger charge is 2.20. The predicted octanol–water partition coefficient (Wildman–Crippen LogP) is 1.81. The lowest BCUT2D eigenvalue weighted by atomic mass is 10.2. The molecule has 0 radical (unpaired) electrons. The fourth-order valence-corrected chi connectivity index (χ4v) is 3.55. The number of hydrogen-bond acceptors (Lipinski definition) is 5. The second-order valence-electron chi connectivity index (χ2n) is 5.66. The summed E-state index contributed by atoms with van der Waals surface area (Å²) >= 11 is 0. The minimum absolute atomic E-state index is 0.0293. The SMILES string of the molecule is CC(N)c1nc2cccc(S(C)(=O)=O)c2c(=O)n1-c1ccccc1. The average molecular weight is 343 g/mol. The van der Waals surface area contributed by atoms with Gasteiger partial charge in [-0.15, -0.1) is 0 Å². The highest BCUT2D eigenvalue weighted by molar-refractivity contribution is 7.91. The average Bonchev–Trinajstić information content (AvgIpc) is 2.54. The molecule has 1 atom stereocenters. The maximum Gasteiger partial charge on any atom is 0.267 e. The molecule has 0 aliphatic heterocycles. The van der Waals surface area contributed by atoms with Crippen LogP contribution in [-0.4, -0.2) is 24.2 Å². The van der Waals surface area contributed by atoms with Crippen LogP contribution in [0.3, 0.4) is 0 Å². The third kappa shape index (κ3) is 2.72. The largest absolute Gasteiger partial charge is 0.322 e. The van der Waals surface area contributed by atoms with Gasteiger partial charge in [0.15, 0.2) is 9.84 Å². The molecule has 3 aromatic rings. The summed E-state index contributed by atoms with van der Waals surface area (Å²) in [6.07, 6.45) is 1.08. The van der Waals surface area contributed by atoms with Gasteiger partial charge in [0, 0.05) is 6.26 Å². The van der Waals surface area contributed by atoms with Crippen molar-refractivity contribution in [3.63, 3.8) is 0 Å². The molecular weight excluding hydrogens is 326 g/mol. The van der Waals surface area contributed by atoms with Crippen LogP contribution >= 0.6 is 0 Å². The molecule has 3 rings (SSSR count). The molecule has 1 unspecified atom stereocenters. The normalized spacial score (nSPS) is 13.1. The topological polar surface area (TPSA) is 95.1 Å². The summed E-state index contributed by atoms with van der Waals surface area (Å²) in [7, 11) is -3.57. The monoisotopic (exact) mass is 343 g/mol. The molecule has 0 saturated carbocycles. The summed E-state index contributed by atoms with van der Waals surface area (Å²) in [4.78, 5) is 17.6. The van der Waals surface area contributed by atoms with Crippen LogP contribution in [0.5, 0.6) is 0 Å². The third-order valence-corrected chi connectivity index (χ3v) is 4.85. The lowest BCUT2D eigenvalue weighted by molar-refractivity contribution is 0.602. The summed E-state index contributed by atoms with van der Waals surface area (Å²) in [6, 6.07) is 13.0. The van der Waals surface area contributed by atoms with E-state index in [2.05, 4.69) is 4.98 Å². The zero-order chi connectivity index (χ0) is 17.5. The Morgan fingerprint density at radius 1 is 1.08 bits per heavy atom. The molecule has 7 heteroatoms. The van der Waals surface area contributed by atoms with Crippen molar-refractivity contribution in [1.29, 1.82) is 0 Å². The summed E-state index contributed by atoms with van der Waals surface area (Å²) in [5.41, 5.74) is 6.46. The van der Waals surface area contributed by atoms with Gasteiger partial charge in [0.25, 0.3) is 5.56 Å². The van der Waals surface area contributed by atoms with Crippen molar-refractivity contribution < 1.29 is 8.42 Å². The molecule has 0 bridgehead atoms. The van der Waals surface area contributed by atoms with Crippen LogP contribution < -0.4 is 11.3 Å². The van der Waals surface area contributed by atoms with Crippen LogP contribution in [0.15, 0.2) is 58.2 Å². The molecule has 0 fully saturated rings. The first-order chi connectivity index (χ1) is 11.3. The highest BCUT2D eigenvalue weighted by Crippen LogP contribution is 2.22. The van der Waals surface area contributed by atoms with Crippen LogP contribution in [0, 0.1) is 0 Å². The Morgan fingerprint density at radius 2 is 1.75 bits per heavy atom. The quantitative estimate of drug-likeness (QED) is 0.782. The molecule has 1 aromatic heterocycles. The number of nitrogens with two attached hydrogens (primary N) is 1. The van der Waals surface area contributed by atoms with Gasteiger partial charge in [-0.25, -0.2) is 13.4 Å². The van der Waals surface area contributed by atoms with E-state index in [1.807, 2.05) is 6.07 Å². The Balaban J connectivity index is 2.53. The Morgan fingerprint density at radius 3 is 2.33 bits per heavy atom. The van der Waals surface area contributed by atoms with Gasteiger partial charge < -0.3 is 5.73 Å². The molecule has 124 valence electrons. The summed E-state index contributed by atoms with van der Waals surface area (Å²) in [5, 5.41) is 0.0771. The van der Waals surface area contributed by atoms with Gasteiger partial charge in [-0.2, -0.15) is 0 Å². The van der Waals surface area contributed by atoms with Crippen LogP contribution in [-0.2, 0) is 9.84 Å². The van der Waals surface area contributed by atoms with Crippen LogP contribution in [0.2, 0.25) is 0 Å². The van der Waals surface area contributed by atoms with E-state index in [1.54, 1.807) is 43.3 Å². The van der Waals surface area contributed by atoms with Crippen molar-refractivity contribution in [2.24, 2.45) is 5.73 Å². The number of benzene rings is 2. The predicted molar refractivity (Wildman–Crippen MR) is 93.1 cm³/mol. The fourth-order valence-electron chi connectivity index (χ4n) is 2.66. The first-order valence-electron chi connectivity index (χ1n) is 7.37. The Labute approximate surface area is 139 Å². The summed E-state index contributed by atoms with van der Waals surface area (Å²) < 4.78 is 25.5. The molecule has 0 aliphatic carbocycles. The molecule has 0 amide bonds. The number of nitrogens with zero attached hydrogens (tertiary/aromatic N) is 2. The van der Waals surface area contributed by atoms with Crippen molar-refractivity contribution in [3.05, 3.63) is 64.7 Å². The van der Waals surface area contributed by atoms with Crippen molar-refractivity contribution in [3.8, 4) is 5.69 Å². The van der Waals surface area contributed by atoms with E-state index in [0.29, 0.717) is 17.0 Å². The van der Waals surface area contributed by atoms with E-state index in [1.165, 1.54) is 10.6 Å². The van der Waals surface area contributed by atoms with Gasteiger partial charge in [0.1, 0.15) is 5.82 Å². The minimum Gasteiger partial charge on any atom is -0.322 e. The number of aromatic nitrogens is 2. The van der Waals surface area contributed by atoms with E-state index in [9.17, 15) is 13.2 Å². The maximum atomic E-state index is 13.1. The van der Waals surface area contributed by atoms with E-state index in [-0.39, 0.29) is 10.3 Å². The molecule has 0 spiro atoms. The van der Waals surface area contributed by atoms with Gasteiger partial charge >= 0.3 is 0 Å². The summed E-state index contributed by atoms with van der Waals surface area (Å²) in [5.74, 6) is 0.379. The number of para-hydroxylation sites is 1.